The van der Waals surface area contributed by atoms with E-state index in [0.29, 0.717) is 11.5 Å². The molecule has 4 fully saturated rings. The lowest BCUT2D eigenvalue weighted by molar-refractivity contribution is 0.0173. The Kier molecular flexibility index (Phi) is 4.93. The summed E-state index contributed by atoms with van der Waals surface area (Å²) in [5.41, 5.74) is 0.468. The first-order valence-electron chi connectivity index (χ1n) is 9.13. The van der Waals surface area contributed by atoms with Gasteiger partial charge in [0.2, 0.25) is 0 Å². The van der Waals surface area contributed by atoms with Crippen molar-refractivity contribution in [3.63, 3.8) is 0 Å². The molecule has 2 unspecified atom stereocenters. The van der Waals surface area contributed by atoms with Crippen LogP contribution in [0.1, 0.15) is 33.6 Å². The van der Waals surface area contributed by atoms with Gasteiger partial charge < -0.3 is 10.2 Å². The molecule has 2 bridgehead atoms. The van der Waals surface area contributed by atoms with Gasteiger partial charge in [0.15, 0.2) is 5.96 Å². The molecule has 0 aliphatic carbocycles. The van der Waals surface area contributed by atoms with Crippen LogP contribution in [0.3, 0.4) is 0 Å². The second-order valence-corrected chi connectivity index (χ2v) is 7.52. The number of piperazine rings is 3. The highest BCUT2D eigenvalue weighted by atomic mass is 15.4. The van der Waals surface area contributed by atoms with Crippen LogP contribution in [0.4, 0.5) is 0 Å². The third-order valence-electron chi connectivity index (χ3n) is 5.89. The van der Waals surface area contributed by atoms with E-state index in [-0.39, 0.29) is 0 Å². The van der Waals surface area contributed by atoms with Crippen LogP contribution >= 0.6 is 0 Å². The number of nitrogens with zero attached hydrogens (tertiary/aromatic N) is 4. The highest BCUT2D eigenvalue weighted by Gasteiger charge is 2.34. The van der Waals surface area contributed by atoms with Gasteiger partial charge in [0, 0.05) is 58.4 Å². The van der Waals surface area contributed by atoms with Crippen molar-refractivity contribution >= 4 is 5.96 Å². The molecule has 4 saturated heterocycles. The fourth-order valence-corrected chi connectivity index (χ4v) is 4.01. The first-order valence-corrected chi connectivity index (χ1v) is 9.13. The first kappa shape index (κ1) is 16.1. The van der Waals surface area contributed by atoms with Gasteiger partial charge in [-0.1, -0.05) is 13.8 Å². The molecule has 0 radical (unpaired) electrons. The first-order chi connectivity index (χ1) is 10.6. The summed E-state index contributed by atoms with van der Waals surface area (Å²) >= 11 is 0. The van der Waals surface area contributed by atoms with Crippen molar-refractivity contribution in [3.05, 3.63) is 0 Å². The molecule has 22 heavy (non-hydrogen) atoms. The Morgan fingerprint density at radius 1 is 1.18 bits per heavy atom. The maximum Gasteiger partial charge on any atom is 0.193 e. The number of rotatable bonds is 4. The fraction of sp³-hybridized carbons (Fsp3) is 0.941. The van der Waals surface area contributed by atoms with E-state index >= 15 is 0 Å². The Morgan fingerprint density at radius 2 is 1.95 bits per heavy atom. The van der Waals surface area contributed by atoms with Gasteiger partial charge in [-0.3, -0.25) is 14.8 Å². The van der Waals surface area contributed by atoms with E-state index in [0.717, 1.165) is 32.1 Å². The van der Waals surface area contributed by atoms with Crippen molar-refractivity contribution in [2.45, 2.75) is 39.7 Å². The molecule has 0 amide bonds. The highest BCUT2D eigenvalue weighted by Crippen LogP contribution is 2.32. The third-order valence-corrected chi connectivity index (χ3v) is 5.89. The monoisotopic (exact) mass is 307 g/mol. The summed E-state index contributed by atoms with van der Waals surface area (Å²) in [7, 11) is 0. The van der Waals surface area contributed by atoms with Crippen LogP contribution in [0.5, 0.6) is 0 Å². The van der Waals surface area contributed by atoms with E-state index < -0.39 is 0 Å². The zero-order chi connectivity index (χ0) is 15.6. The molecule has 4 heterocycles. The lowest BCUT2D eigenvalue weighted by atomic mass is 9.87. The summed E-state index contributed by atoms with van der Waals surface area (Å²) in [6.07, 6.45) is 2.55. The van der Waals surface area contributed by atoms with Crippen molar-refractivity contribution in [2.24, 2.45) is 10.4 Å². The van der Waals surface area contributed by atoms with Gasteiger partial charge in [0.25, 0.3) is 0 Å². The number of hydrogen-bond acceptors (Lipinski definition) is 3. The summed E-state index contributed by atoms with van der Waals surface area (Å²) in [5.74, 6) is 1.14. The van der Waals surface area contributed by atoms with Crippen molar-refractivity contribution in [3.8, 4) is 0 Å². The molecule has 1 N–H and O–H groups in total. The van der Waals surface area contributed by atoms with E-state index in [1.165, 1.54) is 45.6 Å². The number of likely N-dealkylation sites (tertiary alicyclic amines) is 1. The van der Waals surface area contributed by atoms with Crippen LogP contribution in [0.25, 0.3) is 0 Å². The Hall–Kier alpha value is -0.810. The van der Waals surface area contributed by atoms with Crippen molar-refractivity contribution in [1.29, 1.82) is 0 Å². The largest absolute Gasteiger partial charge is 0.357 e. The minimum atomic E-state index is 0.468. The van der Waals surface area contributed by atoms with E-state index in [2.05, 4.69) is 40.8 Å². The zero-order valence-corrected chi connectivity index (χ0v) is 14.6. The third kappa shape index (κ3) is 3.40. The summed E-state index contributed by atoms with van der Waals surface area (Å²) in [5, 5.41) is 3.51. The molecule has 4 aliphatic heterocycles. The van der Waals surface area contributed by atoms with Crippen molar-refractivity contribution < 1.29 is 0 Å². The molecule has 0 saturated carbocycles. The lowest BCUT2D eigenvalue weighted by Crippen LogP contribution is -2.62. The summed E-state index contributed by atoms with van der Waals surface area (Å²) in [6, 6.07) is 0.622. The molecular formula is C17H33N5. The smallest absolute Gasteiger partial charge is 0.193 e. The Labute approximate surface area is 135 Å². The van der Waals surface area contributed by atoms with Crippen LogP contribution in [-0.4, -0.2) is 85.6 Å². The van der Waals surface area contributed by atoms with Gasteiger partial charge in [-0.15, -0.1) is 0 Å². The Bertz CT molecular complexity index is 402. The van der Waals surface area contributed by atoms with Gasteiger partial charge in [0.05, 0.1) is 6.54 Å². The number of guanidine groups is 1. The van der Waals surface area contributed by atoms with E-state index in [1.807, 2.05) is 0 Å². The Balaban J connectivity index is 1.61. The van der Waals surface area contributed by atoms with E-state index in [4.69, 9.17) is 4.99 Å². The molecule has 0 aromatic heterocycles. The minimum absolute atomic E-state index is 0.468. The quantitative estimate of drug-likeness (QED) is 0.622. The summed E-state index contributed by atoms with van der Waals surface area (Å²) < 4.78 is 0. The summed E-state index contributed by atoms with van der Waals surface area (Å²) in [6.45, 7) is 17.3. The van der Waals surface area contributed by atoms with Crippen LogP contribution in [0.15, 0.2) is 4.99 Å². The van der Waals surface area contributed by atoms with Gasteiger partial charge >= 0.3 is 0 Å². The molecule has 4 rings (SSSR count). The molecular weight excluding hydrogens is 274 g/mol. The second-order valence-electron chi connectivity index (χ2n) is 7.52. The van der Waals surface area contributed by atoms with Gasteiger partial charge in [-0.05, 0) is 25.2 Å². The van der Waals surface area contributed by atoms with Gasteiger partial charge in [-0.2, -0.15) is 0 Å². The zero-order valence-electron chi connectivity index (χ0n) is 14.6. The predicted octanol–water partition coefficient (Wildman–Crippen LogP) is 1.07. The molecule has 0 aromatic rings. The van der Waals surface area contributed by atoms with Crippen molar-refractivity contribution in [2.75, 3.05) is 58.9 Å². The average Bonchev–Trinajstić information content (AvgIpc) is 2.95. The standard InChI is InChI=1S/C17H33N5/c1-4-17(3)6-7-22(14-17)16(18-5-2)19-12-15-13-20-8-10-21(15)11-9-20/h15H,4-14H2,1-3H3,(H,18,19). The molecule has 0 spiro atoms. The van der Waals surface area contributed by atoms with Crippen LogP contribution in [-0.2, 0) is 0 Å². The van der Waals surface area contributed by atoms with Crippen LogP contribution in [0, 0.1) is 5.41 Å². The number of fused-ring (bicyclic) bond motifs is 3. The molecule has 5 nitrogen and oxygen atoms in total. The highest BCUT2D eigenvalue weighted by molar-refractivity contribution is 5.80. The predicted molar refractivity (Wildman–Crippen MR) is 92.4 cm³/mol. The van der Waals surface area contributed by atoms with E-state index in [9.17, 15) is 0 Å². The minimum Gasteiger partial charge on any atom is -0.357 e. The lowest BCUT2D eigenvalue weighted by Gasteiger charge is -2.47. The van der Waals surface area contributed by atoms with Crippen molar-refractivity contribution in [1.82, 2.24) is 20.0 Å². The summed E-state index contributed by atoms with van der Waals surface area (Å²) in [4.78, 5) is 12.7. The maximum absolute atomic E-state index is 5.00. The molecule has 126 valence electrons. The number of nitrogens with one attached hydrogen (secondary N) is 1. The Morgan fingerprint density at radius 3 is 2.50 bits per heavy atom. The fourth-order valence-electron chi connectivity index (χ4n) is 4.01. The molecule has 2 atom stereocenters. The SMILES string of the molecule is CCNC(=NCC1CN2CCN1CC2)N1CCC(C)(CC)C1. The molecule has 0 aromatic carbocycles. The number of hydrogen-bond donors (Lipinski definition) is 1. The van der Waals surface area contributed by atoms with Crippen LogP contribution in [0.2, 0.25) is 0 Å². The maximum atomic E-state index is 5.00. The average molecular weight is 307 g/mol. The normalized spacial score (nSPS) is 38.6. The second kappa shape index (κ2) is 6.75. The topological polar surface area (TPSA) is 34.1 Å². The number of aliphatic imine (C=N–C) groups is 1. The molecule has 4 aliphatic rings. The van der Waals surface area contributed by atoms with Gasteiger partial charge in [-0.25, -0.2) is 0 Å². The van der Waals surface area contributed by atoms with E-state index in [1.54, 1.807) is 0 Å². The van der Waals surface area contributed by atoms with Crippen LogP contribution < -0.4 is 5.32 Å². The van der Waals surface area contributed by atoms with Gasteiger partial charge in [0.1, 0.15) is 0 Å². The molecule has 5 heteroatoms.